The normalized spacial score (nSPS) is 48.5. The largest absolute Gasteiger partial charge is 0.394 e. The van der Waals surface area contributed by atoms with Gasteiger partial charge in [0.15, 0.2) is 12.1 Å². The molecule has 0 bridgehead atoms. The first-order chi connectivity index (χ1) is 16.3. The fraction of sp³-hybridized carbons (Fsp3) is 0.885. The van der Waals surface area contributed by atoms with Gasteiger partial charge in [0.1, 0.15) is 30.5 Å². The van der Waals surface area contributed by atoms with Crippen molar-refractivity contribution in [1.29, 1.82) is 0 Å². The van der Waals surface area contributed by atoms with Gasteiger partial charge in [-0.2, -0.15) is 0 Å². The second-order valence-electron chi connectivity index (χ2n) is 12.3. The highest BCUT2D eigenvalue weighted by Gasteiger charge is 2.60. The van der Waals surface area contributed by atoms with Crippen molar-refractivity contribution in [2.45, 2.75) is 103 Å². The minimum atomic E-state index is -1.53. The quantitative estimate of drug-likeness (QED) is 0.293. The molecule has 11 atom stereocenters. The van der Waals surface area contributed by atoms with E-state index in [-0.39, 0.29) is 29.6 Å². The molecule has 4 aliphatic rings. The molecular formula is C26H42O9. The van der Waals surface area contributed by atoms with Crippen LogP contribution in [0.25, 0.3) is 0 Å². The van der Waals surface area contributed by atoms with E-state index in [1.165, 1.54) is 5.57 Å². The topological polar surface area (TPSA) is 157 Å². The minimum Gasteiger partial charge on any atom is -0.394 e. The zero-order chi connectivity index (χ0) is 25.9. The maximum Gasteiger partial charge on any atom is 0.186 e. The SMILES string of the molecule is CC1(C)[C@H](O)C(=O)C[C@@]2(C)[C@@H]3CC[C@](C)([C@@H](O)CO[C@@H]4O[C@H](CO)[C@@H](O)[C@H](O)[C@H]4O)C=C3CC[C@H]12. The maximum atomic E-state index is 12.7. The molecule has 200 valence electrons. The summed E-state index contributed by atoms with van der Waals surface area (Å²) in [5.74, 6) is 0.355. The third-order valence-electron chi connectivity index (χ3n) is 9.74. The summed E-state index contributed by atoms with van der Waals surface area (Å²) in [6, 6.07) is 0. The number of ketones is 1. The van der Waals surface area contributed by atoms with Gasteiger partial charge in [0.25, 0.3) is 0 Å². The molecule has 0 aromatic carbocycles. The highest BCUT2D eigenvalue weighted by molar-refractivity contribution is 5.85. The summed E-state index contributed by atoms with van der Waals surface area (Å²) in [4.78, 5) is 12.7. The predicted molar refractivity (Wildman–Crippen MR) is 125 cm³/mol. The molecule has 0 amide bonds. The molecule has 9 heteroatoms. The van der Waals surface area contributed by atoms with Crippen LogP contribution in [-0.4, -0.2) is 92.5 Å². The van der Waals surface area contributed by atoms with Crippen molar-refractivity contribution in [3.05, 3.63) is 11.6 Å². The van der Waals surface area contributed by atoms with Gasteiger partial charge in [0.05, 0.1) is 19.3 Å². The van der Waals surface area contributed by atoms with Crippen molar-refractivity contribution >= 4 is 5.78 Å². The van der Waals surface area contributed by atoms with Gasteiger partial charge in [-0.15, -0.1) is 0 Å². The van der Waals surface area contributed by atoms with Crippen molar-refractivity contribution in [3.8, 4) is 0 Å². The average molecular weight is 499 g/mol. The molecule has 0 aromatic heterocycles. The van der Waals surface area contributed by atoms with E-state index in [4.69, 9.17) is 9.47 Å². The lowest BCUT2D eigenvalue weighted by Crippen LogP contribution is -2.60. The number of Topliss-reactive ketones (excluding diaryl/α,β-unsaturated/α-hetero) is 1. The number of fused-ring (bicyclic) bond motifs is 3. The molecule has 2 saturated carbocycles. The lowest BCUT2D eigenvalue weighted by Gasteiger charge is -2.60. The Kier molecular flexibility index (Phi) is 7.32. The minimum absolute atomic E-state index is 0.0868. The van der Waals surface area contributed by atoms with Gasteiger partial charge in [0.2, 0.25) is 0 Å². The molecule has 0 unspecified atom stereocenters. The van der Waals surface area contributed by atoms with Crippen LogP contribution in [0.5, 0.6) is 0 Å². The van der Waals surface area contributed by atoms with Gasteiger partial charge < -0.3 is 40.1 Å². The van der Waals surface area contributed by atoms with Crippen LogP contribution in [0.15, 0.2) is 11.6 Å². The molecule has 1 saturated heterocycles. The van der Waals surface area contributed by atoms with Crippen LogP contribution >= 0.6 is 0 Å². The van der Waals surface area contributed by atoms with E-state index in [9.17, 15) is 35.4 Å². The Labute approximate surface area is 206 Å². The molecular weight excluding hydrogens is 456 g/mol. The number of aliphatic hydroxyl groups is 6. The highest BCUT2D eigenvalue weighted by atomic mass is 16.7. The van der Waals surface area contributed by atoms with Gasteiger partial charge in [-0.05, 0) is 42.9 Å². The van der Waals surface area contributed by atoms with Gasteiger partial charge in [-0.1, -0.05) is 39.3 Å². The second-order valence-corrected chi connectivity index (χ2v) is 12.3. The van der Waals surface area contributed by atoms with Crippen LogP contribution in [0.4, 0.5) is 0 Å². The van der Waals surface area contributed by atoms with E-state index in [1.807, 2.05) is 20.8 Å². The standard InChI is InChI=1S/C26H42O9/c1-24(2)17-6-5-13-9-25(3,8-7-14(13)26(17,4)10-15(28)22(24)33)18(29)12-34-23-21(32)20(31)19(30)16(11-27)35-23/h9,14,16-23,27,29-33H,5-8,10-12H2,1-4H3/t14-,16-,17-,18+,19-,20+,21-,22-,23-,25+,26+/m1/s1. The Morgan fingerprint density at radius 3 is 2.43 bits per heavy atom. The third kappa shape index (κ3) is 4.42. The molecule has 0 spiro atoms. The van der Waals surface area contributed by atoms with Crippen molar-refractivity contribution in [3.63, 3.8) is 0 Å². The lowest BCUT2D eigenvalue weighted by molar-refractivity contribution is -0.306. The number of hydrogen-bond donors (Lipinski definition) is 6. The van der Waals surface area contributed by atoms with E-state index in [0.717, 1.165) is 19.3 Å². The molecule has 4 rings (SSSR count). The molecule has 1 aliphatic heterocycles. The van der Waals surface area contributed by atoms with Crippen LogP contribution in [0, 0.1) is 28.1 Å². The Hall–Kier alpha value is -0.910. The smallest absolute Gasteiger partial charge is 0.186 e. The van der Waals surface area contributed by atoms with E-state index < -0.39 is 60.4 Å². The Balaban J connectivity index is 1.47. The summed E-state index contributed by atoms with van der Waals surface area (Å²) < 4.78 is 11.0. The second kappa shape index (κ2) is 9.44. The summed E-state index contributed by atoms with van der Waals surface area (Å²) in [6.45, 7) is 7.44. The molecule has 3 aliphatic carbocycles. The first-order valence-corrected chi connectivity index (χ1v) is 12.8. The van der Waals surface area contributed by atoms with Crippen LogP contribution in [0.2, 0.25) is 0 Å². The zero-order valence-corrected chi connectivity index (χ0v) is 21.1. The van der Waals surface area contributed by atoms with Crippen LogP contribution in [-0.2, 0) is 14.3 Å². The number of ether oxygens (including phenoxy) is 2. The van der Waals surface area contributed by atoms with E-state index in [1.54, 1.807) is 0 Å². The number of rotatable bonds is 5. The number of allylic oxidation sites excluding steroid dienone is 1. The molecule has 35 heavy (non-hydrogen) atoms. The van der Waals surface area contributed by atoms with E-state index in [0.29, 0.717) is 12.8 Å². The van der Waals surface area contributed by atoms with Gasteiger partial charge in [-0.3, -0.25) is 4.79 Å². The van der Waals surface area contributed by atoms with Gasteiger partial charge >= 0.3 is 0 Å². The highest BCUT2D eigenvalue weighted by Crippen LogP contribution is 2.63. The fourth-order valence-electron chi connectivity index (χ4n) is 7.51. The summed E-state index contributed by atoms with van der Waals surface area (Å²) in [5.41, 5.74) is -0.0565. The van der Waals surface area contributed by atoms with Crippen molar-refractivity contribution in [2.24, 2.45) is 28.1 Å². The van der Waals surface area contributed by atoms with Crippen LogP contribution in [0.3, 0.4) is 0 Å². The summed E-state index contributed by atoms with van der Waals surface area (Å²) >= 11 is 0. The Morgan fingerprint density at radius 1 is 1.09 bits per heavy atom. The lowest BCUT2D eigenvalue weighted by atomic mass is 9.44. The van der Waals surface area contributed by atoms with E-state index in [2.05, 4.69) is 13.0 Å². The summed E-state index contributed by atoms with van der Waals surface area (Å²) in [7, 11) is 0. The van der Waals surface area contributed by atoms with Gasteiger partial charge in [0, 0.05) is 17.3 Å². The molecule has 1 heterocycles. The third-order valence-corrected chi connectivity index (χ3v) is 9.74. The van der Waals surface area contributed by atoms with Crippen molar-refractivity contribution in [1.82, 2.24) is 0 Å². The van der Waals surface area contributed by atoms with Crippen molar-refractivity contribution in [2.75, 3.05) is 13.2 Å². The van der Waals surface area contributed by atoms with E-state index >= 15 is 0 Å². The fourth-order valence-corrected chi connectivity index (χ4v) is 7.51. The summed E-state index contributed by atoms with van der Waals surface area (Å²) in [5, 5.41) is 61.1. The number of hydrogen-bond acceptors (Lipinski definition) is 9. The van der Waals surface area contributed by atoms with Crippen molar-refractivity contribution < 1.29 is 44.9 Å². The number of carbonyl (C=O) groups is 1. The molecule has 0 aromatic rings. The average Bonchev–Trinajstić information content (AvgIpc) is 2.80. The van der Waals surface area contributed by atoms with Gasteiger partial charge in [-0.25, -0.2) is 0 Å². The number of aliphatic hydroxyl groups excluding tert-OH is 6. The molecule has 0 radical (unpaired) electrons. The Bertz CT molecular complexity index is 841. The zero-order valence-electron chi connectivity index (χ0n) is 21.1. The monoisotopic (exact) mass is 498 g/mol. The Morgan fingerprint density at radius 2 is 1.77 bits per heavy atom. The molecule has 6 N–H and O–H groups in total. The first kappa shape index (κ1) is 27.1. The van der Waals surface area contributed by atoms with Crippen LogP contribution in [0.1, 0.15) is 59.8 Å². The predicted octanol–water partition coefficient (Wildman–Crippen LogP) is 0.283. The van der Waals surface area contributed by atoms with Crippen LogP contribution < -0.4 is 0 Å². The first-order valence-electron chi connectivity index (χ1n) is 12.8. The molecule has 3 fully saturated rings. The number of carbonyl (C=O) groups excluding carboxylic acids is 1. The molecule has 9 nitrogen and oxygen atoms in total. The maximum absolute atomic E-state index is 12.7. The summed E-state index contributed by atoms with van der Waals surface area (Å²) in [6.07, 6.45) is -3.00.